The zero-order chi connectivity index (χ0) is 26.5. The van der Waals surface area contributed by atoms with Gasteiger partial charge in [0.05, 0.1) is 5.69 Å². The summed E-state index contributed by atoms with van der Waals surface area (Å²) >= 11 is 0. The molecule has 0 bridgehead atoms. The highest BCUT2D eigenvalue weighted by atomic mass is 32.3. The average Bonchev–Trinajstić information content (AvgIpc) is 3.32. The van der Waals surface area contributed by atoms with Gasteiger partial charge in [-0.2, -0.15) is 0 Å². The highest BCUT2D eigenvalue weighted by Gasteiger charge is 2.31. The Hall–Kier alpha value is -3.69. The van der Waals surface area contributed by atoms with E-state index in [2.05, 4.69) is 132 Å². The lowest BCUT2D eigenvalue weighted by molar-refractivity contribution is 0.671. The number of benzene rings is 4. The Bertz CT molecular complexity index is 1770. The molecule has 0 amide bonds. The zero-order valence-electron chi connectivity index (χ0n) is 22.7. The predicted octanol–water partition coefficient (Wildman–Crippen LogP) is 7.05. The molecule has 0 radical (unpaired) electrons. The molecule has 0 saturated heterocycles. The minimum atomic E-state index is -0.826. The van der Waals surface area contributed by atoms with Gasteiger partial charge < -0.3 is 4.42 Å². The van der Waals surface area contributed by atoms with Crippen molar-refractivity contribution in [3.05, 3.63) is 115 Å². The second-order valence-electron chi connectivity index (χ2n) is 11.2. The van der Waals surface area contributed by atoms with Gasteiger partial charge in [-0.25, -0.2) is 0 Å². The zero-order valence-corrected chi connectivity index (χ0v) is 23.5. The third-order valence-electron chi connectivity index (χ3n) is 8.09. The molecule has 0 spiro atoms. The molecule has 2 aromatic heterocycles. The number of furan rings is 1. The molecule has 2 nitrogen and oxygen atoms in total. The van der Waals surface area contributed by atoms with Gasteiger partial charge in [0.15, 0.2) is 0 Å². The van der Waals surface area contributed by atoms with Gasteiger partial charge in [0.1, 0.15) is 26.9 Å². The van der Waals surface area contributed by atoms with Crippen LogP contribution in [0.2, 0.25) is 0 Å². The summed E-state index contributed by atoms with van der Waals surface area (Å²) in [5.74, 6) is 0. The van der Waals surface area contributed by atoms with Crippen LogP contribution in [-0.2, 0) is 4.55 Å². The Balaban J connectivity index is 1.47. The SMILES string of the molecule is BC(B)(c1ccnc(-c2cccc3c2oc2c(-c4ccc(-c5ccccc5)cc4)cccc23)c1)S(C)(C)C. The fourth-order valence-electron chi connectivity index (χ4n) is 5.03. The van der Waals surface area contributed by atoms with Crippen LogP contribution in [0.4, 0.5) is 0 Å². The van der Waals surface area contributed by atoms with Gasteiger partial charge in [0.25, 0.3) is 0 Å². The fraction of sp³-hybridized carbons (Fsp3) is 0.121. The van der Waals surface area contributed by atoms with Crippen LogP contribution in [0.25, 0.3) is 55.4 Å². The van der Waals surface area contributed by atoms with Crippen molar-refractivity contribution in [1.82, 2.24) is 4.98 Å². The normalized spacial score (nSPS) is 12.7. The van der Waals surface area contributed by atoms with E-state index in [9.17, 15) is 0 Å². The largest absolute Gasteiger partial charge is 0.455 e. The number of nitrogens with zero attached hydrogens (tertiary/aromatic N) is 1. The van der Waals surface area contributed by atoms with E-state index < -0.39 is 10.0 Å². The Morgan fingerprint density at radius 2 is 1.21 bits per heavy atom. The van der Waals surface area contributed by atoms with Crippen molar-refractivity contribution >= 4 is 47.7 Å². The van der Waals surface area contributed by atoms with E-state index in [1.54, 1.807) is 0 Å². The smallest absolute Gasteiger partial charge is 0.144 e. The molecule has 0 aliphatic rings. The molecule has 0 fully saturated rings. The highest BCUT2D eigenvalue weighted by Crippen LogP contribution is 2.52. The topological polar surface area (TPSA) is 26.0 Å². The molecule has 0 N–H and O–H groups in total. The molecule has 0 saturated carbocycles. The van der Waals surface area contributed by atoms with Gasteiger partial charge >= 0.3 is 0 Å². The molecule has 0 aliphatic heterocycles. The van der Waals surface area contributed by atoms with Crippen LogP contribution < -0.4 is 0 Å². The fourth-order valence-corrected chi connectivity index (χ4v) is 5.86. The van der Waals surface area contributed by atoms with E-state index in [1.807, 2.05) is 12.3 Å². The molecule has 0 atom stereocenters. The molecule has 6 rings (SSSR count). The van der Waals surface area contributed by atoms with Crippen LogP contribution in [0.15, 0.2) is 114 Å². The molecule has 4 aromatic carbocycles. The molecule has 38 heavy (non-hydrogen) atoms. The summed E-state index contributed by atoms with van der Waals surface area (Å²) in [6.07, 6.45) is 9.07. The van der Waals surface area contributed by atoms with Gasteiger partial charge in [0, 0.05) is 28.1 Å². The van der Waals surface area contributed by atoms with Crippen molar-refractivity contribution in [3.8, 4) is 33.5 Å². The minimum Gasteiger partial charge on any atom is -0.455 e. The molecule has 6 aromatic rings. The van der Waals surface area contributed by atoms with Gasteiger partial charge in [-0.3, -0.25) is 15.0 Å². The lowest BCUT2D eigenvalue weighted by Crippen LogP contribution is -2.32. The van der Waals surface area contributed by atoms with Crippen molar-refractivity contribution in [1.29, 1.82) is 0 Å². The summed E-state index contributed by atoms with van der Waals surface area (Å²) in [5, 5.41) is 2.25. The number of fused-ring (bicyclic) bond motifs is 3. The van der Waals surface area contributed by atoms with Crippen LogP contribution in [0.1, 0.15) is 5.56 Å². The van der Waals surface area contributed by atoms with Crippen molar-refractivity contribution in [2.24, 2.45) is 0 Å². The monoisotopic (exact) mass is 511 g/mol. The lowest BCUT2D eigenvalue weighted by atomic mass is 9.65. The van der Waals surface area contributed by atoms with Crippen molar-refractivity contribution in [2.75, 3.05) is 18.8 Å². The number of hydrogen-bond donors (Lipinski definition) is 0. The van der Waals surface area contributed by atoms with Crippen LogP contribution >= 0.6 is 10.0 Å². The van der Waals surface area contributed by atoms with E-state index in [1.165, 1.54) is 16.7 Å². The first kappa shape index (κ1) is 24.6. The van der Waals surface area contributed by atoms with Gasteiger partial charge in [-0.1, -0.05) is 84.9 Å². The van der Waals surface area contributed by atoms with Crippen molar-refractivity contribution in [2.45, 2.75) is 4.55 Å². The highest BCUT2D eigenvalue weighted by molar-refractivity contribution is 8.34. The summed E-state index contributed by atoms with van der Waals surface area (Å²) in [6.45, 7) is 0. The summed E-state index contributed by atoms with van der Waals surface area (Å²) in [4.78, 5) is 4.79. The maximum atomic E-state index is 6.70. The van der Waals surface area contributed by atoms with E-state index in [4.69, 9.17) is 9.40 Å². The van der Waals surface area contributed by atoms with Crippen molar-refractivity contribution < 1.29 is 4.42 Å². The van der Waals surface area contributed by atoms with E-state index in [-0.39, 0.29) is 4.55 Å². The second-order valence-corrected chi connectivity index (χ2v) is 15.9. The maximum absolute atomic E-state index is 6.70. The van der Waals surface area contributed by atoms with Gasteiger partial charge in [0.2, 0.25) is 0 Å². The Morgan fingerprint density at radius 3 is 1.87 bits per heavy atom. The molecular weight excluding hydrogens is 480 g/mol. The van der Waals surface area contributed by atoms with E-state index in [0.717, 1.165) is 44.3 Å². The number of para-hydroxylation sites is 2. The Labute approximate surface area is 228 Å². The number of hydrogen-bond acceptors (Lipinski definition) is 2. The predicted molar refractivity (Wildman–Crippen MR) is 172 cm³/mol. The number of rotatable bonds is 5. The molecule has 0 unspecified atom stereocenters. The standard InChI is InChI=1S/C33H31B2NOS/c1-38(2,3)33(34,35)25-19-20-36-30(21-25)29-14-8-13-28-27-12-7-11-26(31(27)37-32(28)29)24-17-15-23(16-18-24)22-9-5-4-6-10-22/h4-21H,34-35H2,1-3H3. The third kappa shape index (κ3) is 4.16. The molecule has 5 heteroatoms. The van der Waals surface area contributed by atoms with E-state index >= 15 is 0 Å². The first-order valence-corrected chi connectivity index (χ1v) is 15.8. The van der Waals surface area contributed by atoms with Gasteiger partial charge in [-0.05, 0) is 63.8 Å². The number of pyridine rings is 1. The van der Waals surface area contributed by atoms with E-state index in [0.29, 0.717) is 0 Å². The van der Waals surface area contributed by atoms with Crippen LogP contribution in [-0.4, -0.2) is 39.4 Å². The Kier molecular flexibility index (Phi) is 6.00. The third-order valence-corrected chi connectivity index (χ3v) is 11.4. The van der Waals surface area contributed by atoms with Crippen molar-refractivity contribution in [3.63, 3.8) is 0 Å². The quantitative estimate of drug-likeness (QED) is 0.232. The average molecular weight is 511 g/mol. The molecule has 2 heterocycles. The van der Waals surface area contributed by atoms with Gasteiger partial charge in [-0.15, -0.1) is 0 Å². The van der Waals surface area contributed by atoms with Crippen LogP contribution in [0, 0.1) is 0 Å². The summed E-state index contributed by atoms with van der Waals surface area (Å²) in [5.41, 5.74) is 9.78. The maximum Gasteiger partial charge on any atom is 0.144 e. The number of aromatic nitrogens is 1. The first-order valence-electron chi connectivity index (χ1n) is 13.0. The summed E-state index contributed by atoms with van der Waals surface area (Å²) < 4.78 is 6.77. The summed E-state index contributed by atoms with van der Waals surface area (Å²) in [6, 6.07) is 36.5. The molecule has 0 aliphatic carbocycles. The lowest BCUT2D eigenvalue weighted by Gasteiger charge is -2.45. The summed E-state index contributed by atoms with van der Waals surface area (Å²) in [7, 11) is 3.87. The second kappa shape index (κ2) is 9.25. The molecular formula is C33H31B2NOS. The minimum absolute atomic E-state index is 0.0749. The first-order chi connectivity index (χ1) is 18.2. The van der Waals surface area contributed by atoms with Crippen LogP contribution in [0.3, 0.4) is 0 Å². The molecule has 186 valence electrons. The Morgan fingerprint density at radius 1 is 0.632 bits per heavy atom. The van der Waals surface area contributed by atoms with Crippen LogP contribution in [0.5, 0.6) is 0 Å².